The predicted octanol–water partition coefficient (Wildman–Crippen LogP) is 3.62. The highest BCUT2D eigenvalue weighted by molar-refractivity contribution is 9.10. The summed E-state index contributed by atoms with van der Waals surface area (Å²) in [5.41, 5.74) is 1.75. The van der Waals surface area contributed by atoms with Crippen LogP contribution in [0, 0.1) is 11.7 Å². The number of nitrogens with zero attached hydrogens (tertiary/aromatic N) is 5. The molecular formula is C20H19BrFN5O2. The molecule has 1 aliphatic heterocycles. The van der Waals surface area contributed by atoms with Gasteiger partial charge in [0.05, 0.1) is 19.2 Å². The van der Waals surface area contributed by atoms with Gasteiger partial charge in [0.15, 0.2) is 0 Å². The molecule has 1 aliphatic rings. The third kappa shape index (κ3) is 4.14. The number of aromatic nitrogens is 4. The van der Waals surface area contributed by atoms with Gasteiger partial charge in [0, 0.05) is 29.3 Å². The average Bonchev–Trinajstić information content (AvgIpc) is 3.23. The van der Waals surface area contributed by atoms with Gasteiger partial charge in [-0.05, 0) is 43.2 Å². The first-order chi connectivity index (χ1) is 14.0. The summed E-state index contributed by atoms with van der Waals surface area (Å²) in [7, 11) is 1.41. The van der Waals surface area contributed by atoms with Crippen molar-refractivity contribution < 1.29 is 13.9 Å². The number of anilines is 1. The van der Waals surface area contributed by atoms with Crippen molar-refractivity contribution in [2.45, 2.75) is 12.8 Å². The van der Waals surface area contributed by atoms with Crippen LogP contribution in [0.4, 0.5) is 10.2 Å². The van der Waals surface area contributed by atoms with Crippen LogP contribution >= 0.6 is 15.9 Å². The summed E-state index contributed by atoms with van der Waals surface area (Å²) in [5, 5.41) is 8.24. The molecule has 0 spiro atoms. The van der Waals surface area contributed by atoms with E-state index in [1.54, 1.807) is 24.5 Å². The van der Waals surface area contributed by atoms with E-state index in [9.17, 15) is 9.18 Å². The highest BCUT2D eigenvalue weighted by Crippen LogP contribution is 2.27. The Bertz CT molecular complexity index is 1040. The molecule has 1 unspecified atom stereocenters. The first kappa shape index (κ1) is 19.5. The van der Waals surface area contributed by atoms with Crippen molar-refractivity contribution in [3.8, 4) is 16.9 Å². The molecule has 3 aromatic rings. The normalized spacial score (nSPS) is 16.7. The maximum Gasteiger partial charge on any atom is 0.310 e. The zero-order valence-corrected chi connectivity index (χ0v) is 17.3. The summed E-state index contributed by atoms with van der Waals surface area (Å²) in [6.07, 6.45) is 5.09. The van der Waals surface area contributed by atoms with Gasteiger partial charge in [-0.25, -0.2) is 14.1 Å². The number of rotatable bonds is 4. The third-order valence-corrected chi connectivity index (χ3v) is 5.46. The molecule has 150 valence electrons. The van der Waals surface area contributed by atoms with Crippen molar-refractivity contribution in [1.29, 1.82) is 0 Å². The number of carbonyl (C=O) groups excluding carboxylic acids is 1. The lowest BCUT2D eigenvalue weighted by molar-refractivity contribution is -0.145. The van der Waals surface area contributed by atoms with Crippen LogP contribution in [0.15, 0.2) is 47.2 Å². The molecule has 0 bridgehead atoms. The van der Waals surface area contributed by atoms with E-state index in [-0.39, 0.29) is 11.9 Å². The molecule has 3 heterocycles. The first-order valence-electron chi connectivity index (χ1n) is 9.22. The van der Waals surface area contributed by atoms with Gasteiger partial charge in [-0.15, -0.1) is 5.10 Å². The topological polar surface area (TPSA) is 73.1 Å². The number of pyridine rings is 1. The Kier molecular flexibility index (Phi) is 5.57. The van der Waals surface area contributed by atoms with Gasteiger partial charge in [0.2, 0.25) is 0 Å². The molecule has 2 aromatic heterocycles. The lowest BCUT2D eigenvalue weighted by Crippen LogP contribution is -2.39. The number of esters is 1. The summed E-state index contributed by atoms with van der Waals surface area (Å²) < 4.78 is 21.2. The molecule has 0 aliphatic carbocycles. The van der Waals surface area contributed by atoms with Gasteiger partial charge in [-0.3, -0.25) is 4.79 Å². The Morgan fingerprint density at radius 3 is 2.97 bits per heavy atom. The maximum absolute atomic E-state index is 14.2. The van der Waals surface area contributed by atoms with Crippen LogP contribution < -0.4 is 4.90 Å². The van der Waals surface area contributed by atoms with E-state index in [2.05, 4.69) is 36.1 Å². The van der Waals surface area contributed by atoms with Crippen molar-refractivity contribution in [3.63, 3.8) is 0 Å². The molecule has 0 radical (unpaired) electrons. The number of hydrogen-bond donors (Lipinski definition) is 0. The summed E-state index contributed by atoms with van der Waals surface area (Å²) >= 11 is 3.25. The fourth-order valence-electron chi connectivity index (χ4n) is 3.48. The van der Waals surface area contributed by atoms with Gasteiger partial charge in [0.25, 0.3) is 0 Å². The largest absolute Gasteiger partial charge is 0.469 e. The van der Waals surface area contributed by atoms with Gasteiger partial charge in [-0.2, -0.15) is 0 Å². The first-order valence-corrected chi connectivity index (χ1v) is 10.0. The van der Waals surface area contributed by atoms with Crippen LogP contribution in [0.3, 0.4) is 0 Å². The molecule has 1 aromatic carbocycles. The van der Waals surface area contributed by atoms with Crippen LogP contribution in [0.2, 0.25) is 0 Å². The van der Waals surface area contributed by atoms with E-state index in [4.69, 9.17) is 4.74 Å². The second-order valence-electron chi connectivity index (χ2n) is 6.86. The van der Waals surface area contributed by atoms with E-state index in [1.807, 2.05) is 12.1 Å². The summed E-state index contributed by atoms with van der Waals surface area (Å²) in [4.78, 5) is 18.4. The number of methoxy groups -OCH3 is 1. The zero-order valence-electron chi connectivity index (χ0n) is 15.8. The minimum absolute atomic E-state index is 0.152. The van der Waals surface area contributed by atoms with Gasteiger partial charge in [-0.1, -0.05) is 21.1 Å². The molecule has 0 amide bonds. The van der Waals surface area contributed by atoms with Crippen molar-refractivity contribution in [1.82, 2.24) is 20.0 Å². The minimum Gasteiger partial charge on any atom is -0.469 e. The molecular weight excluding hydrogens is 441 g/mol. The number of carbonyl (C=O) groups is 1. The van der Waals surface area contributed by atoms with Crippen LogP contribution in [-0.4, -0.2) is 46.1 Å². The van der Waals surface area contributed by atoms with Crippen molar-refractivity contribution in [2.75, 3.05) is 25.1 Å². The lowest BCUT2D eigenvalue weighted by atomic mass is 9.98. The van der Waals surface area contributed by atoms with Crippen molar-refractivity contribution >= 4 is 27.7 Å². The van der Waals surface area contributed by atoms with Crippen LogP contribution in [0.1, 0.15) is 12.8 Å². The van der Waals surface area contributed by atoms with Crippen LogP contribution in [-0.2, 0) is 9.53 Å². The van der Waals surface area contributed by atoms with Gasteiger partial charge in [0.1, 0.15) is 23.0 Å². The highest BCUT2D eigenvalue weighted by atomic mass is 79.9. The Balaban J connectivity index is 1.58. The molecule has 1 atom stereocenters. The highest BCUT2D eigenvalue weighted by Gasteiger charge is 2.27. The second kappa shape index (κ2) is 8.28. The van der Waals surface area contributed by atoms with Crippen molar-refractivity contribution in [3.05, 3.63) is 53.0 Å². The van der Waals surface area contributed by atoms with Crippen LogP contribution in [0.25, 0.3) is 16.9 Å². The molecule has 7 nitrogen and oxygen atoms in total. The average molecular weight is 460 g/mol. The Hall–Kier alpha value is -2.81. The van der Waals surface area contributed by atoms with E-state index < -0.39 is 5.82 Å². The third-order valence-electron chi connectivity index (χ3n) is 4.97. The molecule has 0 saturated carbocycles. The molecule has 9 heteroatoms. The molecule has 1 saturated heterocycles. The van der Waals surface area contributed by atoms with E-state index >= 15 is 0 Å². The lowest BCUT2D eigenvalue weighted by Gasteiger charge is -2.32. The zero-order chi connectivity index (χ0) is 20.4. The number of benzene rings is 1. The fraction of sp³-hybridized carbons (Fsp3) is 0.300. The smallest absolute Gasteiger partial charge is 0.310 e. The number of piperidine rings is 1. The van der Waals surface area contributed by atoms with Crippen LogP contribution in [0.5, 0.6) is 0 Å². The SMILES string of the molecule is COC(=O)C1CCCN(c2cc(-c3cn(-c4ccc(Br)cc4F)nn3)ccn2)C1. The predicted molar refractivity (Wildman–Crippen MR) is 109 cm³/mol. The standard InChI is InChI=1S/C20H19BrFN5O2/c1-29-20(28)14-3-2-8-26(11-14)19-9-13(6-7-23-19)17-12-27(25-24-17)18-5-4-15(21)10-16(18)22/h4-7,9-10,12,14H,2-3,8,11H2,1H3. The van der Waals surface area contributed by atoms with E-state index in [0.717, 1.165) is 30.8 Å². The fourth-order valence-corrected chi connectivity index (χ4v) is 3.81. The Morgan fingerprint density at radius 1 is 1.31 bits per heavy atom. The maximum atomic E-state index is 14.2. The molecule has 29 heavy (non-hydrogen) atoms. The molecule has 4 rings (SSSR count). The summed E-state index contributed by atoms with van der Waals surface area (Å²) in [5.74, 6) is 0.0275. The number of ether oxygens (including phenoxy) is 1. The Labute approximate surface area is 175 Å². The Morgan fingerprint density at radius 2 is 2.17 bits per heavy atom. The summed E-state index contributed by atoms with van der Waals surface area (Å²) in [6, 6.07) is 8.51. The molecule has 1 fully saturated rings. The minimum atomic E-state index is -0.395. The van der Waals surface area contributed by atoms with E-state index in [1.165, 1.54) is 17.9 Å². The van der Waals surface area contributed by atoms with E-state index in [0.29, 0.717) is 22.4 Å². The quantitative estimate of drug-likeness (QED) is 0.554. The number of hydrogen-bond acceptors (Lipinski definition) is 6. The van der Waals surface area contributed by atoms with Crippen molar-refractivity contribution in [2.24, 2.45) is 5.92 Å². The van der Waals surface area contributed by atoms with Gasteiger partial charge >= 0.3 is 5.97 Å². The monoisotopic (exact) mass is 459 g/mol. The summed E-state index contributed by atoms with van der Waals surface area (Å²) in [6.45, 7) is 1.39. The second-order valence-corrected chi connectivity index (χ2v) is 7.77. The molecule has 0 N–H and O–H groups in total. The van der Waals surface area contributed by atoms with Gasteiger partial charge < -0.3 is 9.64 Å². The number of halogens is 2.